The maximum Gasteiger partial charge on any atom is 0.416 e. The van der Waals surface area contributed by atoms with Gasteiger partial charge in [0, 0.05) is 48.2 Å². The van der Waals surface area contributed by atoms with Crippen molar-refractivity contribution in [2.75, 3.05) is 42.9 Å². The molecule has 0 radical (unpaired) electrons. The second kappa shape index (κ2) is 9.94. The summed E-state index contributed by atoms with van der Waals surface area (Å²) in [5.41, 5.74) is 1.18. The number of benzene rings is 3. The molecule has 4 aromatic rings. The first-order valence-corrected chi connectivity index (χ1v) is 11.6. The molecule has 184 valence electrons. The largest absolute Gasteiger partial charge is 0.416 e. The molecule has 2 heterocycles. The summed E-state index contributed by atoms with van der Waals surface area (Å²) in [6, 6.07) is 22.7. The highest BCUT2D eigenvalue weighted by Gasteiger charge is 2.30. The summed E-state index contributed by atoms with van der Waals surface area (Å²) in [7, 11) is 0. The average molecular weight is 492 g/mol. The van der Waals surface area contributed by atoms with Gasteiger partial charge in [0.15, 0.2) is 5.82 Å². The first kappa shape index (κ1) is 23.7. The molecule has 0 spiro atoms. The molecule has 0 atom stereocenters. The minimum atomic E-state index is -4.45. The Kier molecular flexibility index (Phi) is 6.56. The monoisotopic (exact) mass is 491 g/mol. The minimum Gasteiger partial charge on any atom is -0.352 e. The molecule has 1 amide bonds. The van der Waals surface area contributed by atoms with Crippen molar-refractivity contribution in [3.8, 4) is 11.3 Å². The molecule has 0 aliphatic carbocycles. The van der Waals surface area contributed by atoms with E-state index in [0.717, 1.165) is 40.0 Å². The molecule has 6 nitrogen and oxygen atoms in total. The van der Waals surface area contributed by atoms with E-state index in [1.165, 1.54) is 12.1 Å². The number of aromatic nitrogens is 2. The summed E-state index contributed by atoms with van der Waals surface area (Å²) in [6.07, 6.45) is -4.45. The Morgan fingerprint density at radius 1 is 0.833 bits per heavy atom. The van der Waals surface area contributed by atoms with Crippen LogP contribution in [0.4, 0.5) is 24.7 Å². The summed E-state index contributed by atoms with van der Waals surface area (Å²) in [5.74, 6) is 0.457. The standard InChI is InChI=1S/C27H24F3N5O/c28-27(29,30)20-9-6-10-21(17-20)31-24(36)18-34-13-15-35(16-14-34)26-23-12-5-4-11-22(23)25(32-33-26)19-7-2-1-3-8-19/h1-12,17H,13-16,18H2,(H,31,36). The van der Waals surface area contributed by atoms with Crippen molar-refractivity contribution in [2.45, 2.75) is 6.18 Å². The van der Waals surface area contributed by atoms with E-state index >= 15 is 0 Å². The van der Waals surface area contributed by atoms with Crippen molar-refractivity contribution in [2.24, 2.45) is 0 Å². The predicted octanol–water partition coefficient (Wildman–Crippen LogP) is 5.08. The van der Waals surface area contributed by atoms with Crippen molar-refractivity contribution < 1.29 is 18.0 Å². The van der Waals surface area contributed by atoms with Crippen molar-refractivity contribution in [1.82, 2.24) is 15.1 Å². The molecule has 9 heteroatoms. The number of anilines is 2. The lowest BCUT2D eigenvalue weighted by Crippen LogP contribution is -2.49. The summed E-state index contributed by atoms with van der Waals surface area (Å²) in [5, 5.41) is 13.7. The maximum absolute atomic E-state index is 12.9. The minimum absolute atomic E-state index is 0.101. The lowest BCUT2D eigenvalue weighted by molar-refractivity contribution is -0.137. The third-order valence-corrected chi connectivity index (χ3v) is 6.23. The van der Waals surface area contributed by atoms with Crippen molar-refractivity contribution in [1.29, 1.82) is 0 Å². The number of alkyl halides is 3. The maximum atomic E-state index is 12.9. The van der Waals surface area contributed by atoms with Crippen LogP contribution in [0.25, 0.3) is 22.0 Å². The van der Waals surface area contributed by atoms with E-state index in [4.69, 9.17) is 0 Å². The van der Waals surface area contributed by atoms with Crippen LogP contribution in [0.5, 0.6) is 0 Å². The Morgan fingerprint density at radius 2 is 1.53 bits per heavy atom. The zero-order valence-corrected chi connectivity index (χ0v) is 19.4. The van der Waals surface area contributed by atoms with Gasteiger partial charge in [0.25, 0.3) is 0 Å². The number of nitrogens with one attached hydrogen (secondary N) is 1. The summed E-state index contributed by atoms with van der Waals surface area (Å²) >= 11 is 0. The van der Waals surface area contributed by atoms with E-state index in [2.05, 4.69) is 20.4 Å². The summed E-state index contributed by atoms with van der Waals surface area (Å²) < 4.78 is 38.8. The third-order valence-electron chi connectivity index (χ3n) is 6.23. The van der Waals surface area contributed by atoms with E-state index in [-0.39, 0.29) is 18.1 Å². The lowest BCUT2D eigenvalue weighted by atomic mass is 10.0. The van der Waals surface area contributed by atoms with Crippen LogP contribution < -0.4 is 10.2 Å². The number of fused-ring (bicyclic) bond motifs is 1. The smallest absolute Gasteiger partial charge is 0.352 e. The van der Waals surface area contributed by atoms with Crippen molar-refractivity contribution in [3.63, 3.8) is 0 Å². The second-order valence-electron chi connectivity index (χ2n) is 8.67. The highest BCUT2D eigenvalue weighted by atomic mass is 19.4. The number of carbonyl (C=O) groups excluding carboxylic acids is 1. The van der Waals surface area contributed by atoms with Crippen molar-refractivity contribution in [3.05, 3.63) is 84.4 Å². The molecule has 36 heavy (non-hydrogen) atoms. The number of nitrogens with zero attached hydrogens (tertiary/aromatic N) is 4. The van der Waals surface area contributed by atoms with Crippen LogP contribution in [0, 0.1) is 0 Å². The topological polar surface area (TPSA) is 61.4 Å². The highest BCUT2D eigenvalue weighted by molar-refractivity contribution is 6.00. The number of halogens is 3. The quantitative estimate of drug-likeness (QED) is 0.422. The molecule has 0 unspecified atom stereocenters. The molecular weight excluding hydrogens is 467 g/mol. The Labute approximate surface area is 206 Å². The normalized spacial score (nSPS) is 14.7. The molecule has 5 rings (SSSR count). The molecule has 1 saturated heterocycles. The van der Waals surface area contributed by atoms with Crippen LogP contribution in [-0.2, 0) is 11.0 Å². The second-order valence-corrected chi connectivity index (χ2v) is 8.67. The molecule has 1 fully saturated rings. The number of hydrogen-bond acceptors (Lipinski definition) is 5. The van der Waals surface area contributed by atoms with Gasteiger partial charge in [-0.15, -0.1) is 10.2 Å². The number of rotatable bonds is 5. The fraction of sp³-hybridized carbons (Fsp3) is 0.222. The highest BCUT2D eigenvalue weighted by Crippen LogP contribution is 2.32. The molecule has 0 saturated carbocycles. The number of carbonyl (C=O) groups is 1. The van der Waals surface area contributed by atoms with Crippen LogP contribution in [0.2, 0.25) is 0 Å². The SMILES string of the molecule is O=C(CN1CCN(c2nnc(-c3ccccc3)c3ccccc23)CC1)Nc1cccc(C(F)(F)F)c1. The van der Waals surface area contributed by atoms with E-state index in [0.29, 0.717) is 26.2 Å². The van der Waals surface area contributed by atoms with Crippen LogP contribution in [0.1, 0.15) is 5.56 Å². The van der Waals surface area contributed by atoms with Crippen molar-refractivity contribution >= 4 is 28.2 Å². The van der Waals surface area contributed by atoms with Gasteiger partial charge in [-0.25, -0.2) is 0 Å². The molecule has 1 aliphatic heterocycles. The van der Waals surface area contributed by atoms with Crippen LogP contribution in [-0.4, -0.2) is 53.7 Å². The zero-order valence-electron chi connectivity index (χ0n) is 19.4. The van der Waals surface area contributed by atoms with Gasteiger partial charge in [-0.2, -0.15) is 13.2 Å². The summed E-state index contributed by atoms with van der Waals surface area (Å²) in [6.45, 7) is 2.64. The van der Waals surface area contributed by atoms with Gasteiger partial charge in [-0.05, 0) is 18.2 Å². The van der Waals surface area contributed by atoms with Crippen LogP contribution >= 0.6 is 0 Å². The zero-order chi connectivity index (χ0) is 25.1. The van der Waals surface area contributed by atoms with Gasteiger partial charge in [0.2, 0.25) is 5.91 Å². The van der Waals surface area contributed by atoms with E-state index < -0.39 is 11.7 Å². The molecule has 1 N–H and O–H groups in total. The molecule has 1 aliphatic rings. The summed E-state index contributed by atoms with van der Waals surface area (Å²) in [4.78, 5) is 16.6. The number of piperazine rings is 1. The van der Waals surface area contributed by atoms with E-state index in [9.17, 15) is 18.0 Å². The Balaban J connectivity index is 1.24. The fourth-order valence-electron chi connectivity index (χ4n) is 4.43. The van der Waals surface area contributed by atoms with Gasteiger partial charge >= 0.3 is 6.18 Å². The Bertz CT molecular complexity index is 1370. The molecule has 1 aromatic heterocycles. The first-order valence-electron chi connectivity index (χ1n) is 11.6. The van der Waals surface area contributed by atoms with Gasteiger partial charge in [0.1, 0.15) is 5.69 Å². The van der Waals surface area contributed by atoms with Crippen LogP contribution in [0.3, 0.4) is 0 Å². The predicted molar refractivity (Wildman–Crippen MR) is 134 cm³/mol. The van der Waals surface area contributed by atoms with Gasteiger partial charge in [0.05, 0.1) is 12.1 Å². The fourth-order valence-corrected chi connectivity index (χ4v) is 4.43. The van der Waals surface area contributed by atoms with Gasteiger partial charge in [-0.3, -0.25) is 9.69 Å². The number of amides is 1. The molecule has 3 aromatic carbocycles. The number of hydrogen-bond donors (Lipinski definition) is 1. The molecular formula is C27H24F3N5O. The van der Waals surface area contributed by atoms with Crippen LogP contribution in [0.15, 0.2) is 78.9 Å². The Morgan fingerprint density at radius 3 is 2.25 bits per heavy atom. The lowest BCUT2D eigenvalue weighted by Gasteiger charge is -2.35. The average Bonchev–Trinajstić information content (AvgIpc) is 2.89. The van der Waals surface area contributed by atoms with Gasteiger partial charge in [-0.1, -0.05) is 60.7 Å². The Hall–Kier alpha value is -3.98. The van der Waals surface area contributed by atoms with E-state index in [1.54, 1.807) is 0 Å². The first-order chi connectivity index (χ1) is 17.4. The van der Waals surface area contributed by atoms with Gasteiger partial charge < -0.3 is 10.2 Å². The third kappa shape index (κ3) is 5.16. The molecule has 0 bridgehead atoms. The van der Waals surface area contributed by atoms with E-state index in [1.807, 2.05) is 59.5 Å².